The number of rotatable bonds is 3. The molecule has 0 spiro atoms. The molecule has 4 heteroatoms. The van der Waals surface area contributed by atoms with Crippen LogP contribution in [0.2, 0.25) is 0 Å². The van der Waals surface area contributed by atoms with E-state index in [0.717, 1.165) is 15.8 Å². The van der Waals surface area contributed by atoms with Gasteiger partial charge in [-0.3, -0.25) is 4.79 Å². The molecule has 0 N–H and O–H groups in total. The molecule has 0 fully saturated rings. The molecule has 0 aliphatic carbocycles. The number of hydrogen-bond donors (Lipinski definition) is 0. The van der Waals surface area contributed by atoms with Gasteiger partial charge in [0.1, 0.15) is 11.1 Å². The number of carbonyl (C=O) groups excluding carboxylic acids is 1. The van der Waals surface area contributed by atoms with Crippen LogP contribution >= 0.6 is 27.5 Å². The van der Waals surface area contributed by atoms with E-state index < -0.39 is 5.38 Å². The van der Waals surface area contributed by atoms with Gasteiger partial charge in [-0.05, 0) is 40.5 Å². The largest absolute Gasteiger partial charge is 0.496 e. The van der Waals surface area contributed by atoms with Crippen LogP contribution in [0.25, 0.3) is 0 Å². The Bertz CT molecular complexity index is 352. The van der Waals surface area contributed by atoms with Crippen molar-refractivity contribution in [3.8, 4) is 5.75 Å². The quantitative estimate of drug-likeness (QED) is 0.792. The van der Waals surface area contributed by atoms with E-state index in [2.05, 4.69) is 15.9 Å². The third-order valence-corrected chi connectivity index (χ3v) is 3.00. The third kappa shape index (κ3) is 2.49. The fourth-order valence-corrected chi connectivity index (χ4v) is 1.77. The van der Waals surface area contributed by atoms with Gasteiger partial charge in [0.2, 0.25) is 0 Å². The van der Waals surface area contributed by atoms with Gasteiger partial charge >= 0.3 is 0 Å². The standard InChI is InChI=1S/C10H10BrClO2/c1-6(13)10(12)7-3-4-9(14-2)8(11)5-7/h3-5,10H,1-2H3. The van der Waals surface area contributed by atoms with Crippen LogP contribution in [0.3, 0.4) is 0 Å². The Balaban J connectivity index is 3.02. The second-order valence-electron chi connectivity index (χ2n) is 2.87. The maximum Gasteiger partial charge on any atom is 0.152 e. The van der Waals surface area contributed by atoms with Crippen LogP contribution < -0.4 is 4.74 Å². The Morgan fingerprint density at radius 2 is 2.21 bits per heavy atom. The van der Waals surface area contributed by atoms with Crippen LogP contribution in [0.5, 0.6) is 5.75 Å². The monoisotopic (exact) mass is 276 g/mol. The Morgan fingerprint density at radius 3 is 2.64 bits per heavy atom. The maximum absolute atomic E-state index is 11.0. The van der Waals surface area contributed by atoms with Crippen molar-refractivity contribution in [1.29, 1.82) is 0 Å². The average Bonchev–Trinajstić information content (AvgIpc) is 2.16. The summed E-state index contributed by atoms with van der Waals surface area (Å²) < 4.78 is 5.86. The molecule has 0 aliphatic rings. The molecule has 0 aliphatic heterocycles. The van der Waals surface area contributed by atoms with Gasteiger partial charge in [-0.25, -0.2) is 0 Å². The summed E-state index contributed by atoms with van der Waals surface area (Å²) in [6.45, 7) is 1.47. The molecule has 0 aromatic heterocycles. The van der Waals surface area contributed by atoms with E-state index in [1.54, 1.807) is 25.3 Å². The second-order valence-corrected chi connectivity index (χ2v) is 4.16. The summed E-state index contributed by atoms with van der Waals surface area (Å²) in [5.41, 5.74) is 0.770. The van der Waals surface area contributed by atoms with Gasteiger partial charge < -0.3 is 4.74 Å². The first kappa shape index (κ1) is 11.5. The molecule has 1 unspecified atom stereocenters. The number of alkyl halides is 1. The number of methoxy groups -OCH3 is 1. The molecule has 1 aromatic carbocycles. The predicted octanol–water partition coefficient (Wildman–Crippen LogP) is 3.33. The summed E-state index contributed by atoms with van der Waals surface area (Å²) in [5, 5.41) is -0.586. The highest BCUT2D eigenvalue weighted by molar-refractivity contribution is 9.10. The van der Waals surface area contributed by atoms with Crippen molar-refractivity contribution < 1.29 is 9.53 Å². The fraction of sp³-hybridized carbons (Fsp3) is 0.300. The fourth-order valence-electron chi connectivity index (χ4n) is 1.07. The number of hydrogen-bond acceptors (Lipinski definition) is 2. The van der Waals surface area contributed by atoms with E-state index in [9.17, 15) is 4.79 Å². The molecule has 0 bridgehead atoms. The van der Waals surface area contributed by atoms with Gasteiger partial charge in [0.25, 0.3) is 0 Å². The minimum Gasteiger partial charge on any atom is -0.496 e. The lowest BCUT2D eigenvalue weighted by molar-refractivity contribution is -0.116. The van der Waals surface area contributed by atoms with Gasteiger partial charge in [0, 0.05) is 0 Å². The zero-order valence-corrected chi connectivity index (χ0v) is 10.2. The van der Waals surface area contributed by atoms with Gasteiger partial charge in [0.15, 0.2) is 5.78 Å². The lowest BCUT2D eigenvalue weighted by Crippen LogP contribution is -2.01. The summed E-state index contributed by atoms with van der Waals surface area (Å²) in [4.78, 5) is 11.0. The van der Waals surface area contributed by atoms with Gasteiger partial charge in [0.05, 0.1) is 11.6 Å². The molecule has 1 aromatic rings. The van der Waals surface area contributed by atoms with E-state index in [1.807, 2.05) is 0 Å². The van der Waals surface area contributed by atoms with Crippen LogP contribution in [-0.2, 0) is 4.79 Å². The zero-order chi connectivity index (χ0) is 10.7. The molecule has 0 heterocycles. The molecule has 14 heavy (non-hydrogen) atoms. The van der Waals surface area contributed by atoms with Crippen molar-refractivity contribution >= 4 is 33.3 Å². The first-order valence-corrected chi connectivity index (χ1v) is 5.27. The molecule has 0 amide bonds. The molecule has 0 saturated heterocycles. The lowest BCUT2D eigenvalue weighted by atomic mass is 10.1. The SMILES string of the molecule is COc1ccc(C(Cl)C(C)=O)cc1Br. The Kier molecular flexibility index (Phi) is 3.96. The highest BCUT2D eigenvalue weighted by Gasteiger charge is 2.14. The number of ether oxygens (including phenoxy) is 1. The van der Waals surface area contributed by atoms with Crippen LogP contribution in [0.4, 0.5) is 0 Å². The van der Waals surface area contributed by atoms with E-state index in [-0.39, 0.29) is 5.78 Å². The molecule has 0 radical (unpaired) electrons. The number of Topliss-reactive ketones (excluding diaryl/α,β-unsaturated/α-hetero) is 1. The average molecular weight is 278 g/mol. The number of ketones is 1. The molecule has 1 atom stereocenters. The van der Waals surface area contributed by atoms with Crippen molar-refractivity contribution in [1.82, 2.24) is 0 Å². The molecular formula is C10H10BrClO2. The van der Waals surface area contributed by atoms with E-state index in [1.165, 1.54) is 6.92 Å². The topological polar surface area (TPSA) is 26.3 Å². The Hall–Kier alpha value is -0.540. The normalized spacial score (nSPS) is 12.3. The number of benzene rings is 1. The first-order valence-electron chi connectivity index (χ1n) is 4.04. The summed E-state index contributed by atoms with van der Waals surface area (Å²) >= 11 is 9.23. The zero-order valence-electron chi connectivity index (χ0n) is 7.88. The first-order chi connectivity index (χ1) is 6.56. The summed E-state index contributed by atoms with van der Waals surface area (Å²) in [6.07, 6.45) is 0. The van der Waals surface area contributed by atoms with Crippen molar-refractivity contribution in [2.75, 3.05) is 7.11 Å². The minimum absolute atomic E-state index is 0.0660. The second kappa shape index (κ2) is 4.80. The van der Waals surface area contributed by atoms with Crippen LogP contribution in [0.1, 0.15) is 17.9 Å². The van der Waals surface area contributed by atoms with Crippen molar-refractivity contribution in [2.24, 2.45) is 0 Å². The van der Waals surface area contributed by atoms with E-state index in [4.69, 9.17) is 16.3 Å². The van der Waals surface area contributed by atoms with Crippen molar-refractivity contribution in [2.45, 2.75) is 12.3 Å². The van der Waals surface area contributed by atoms with Gasteiger partial charge in [-0.15, -0.1) is 11.6 Å². The Labute approximate surface area is 96.3 Å². The van der Waals surface area contributed by atoms with Gasteiger partial charge in [-0.1, -0.05) is 6.07 Å². The molecule has 2 nitrogen and oxygen atoms in total. The molecule has 76 valence electrons. The highest BCUT2D eigenvalue weighted by Crippen LogP contribution is 2.30. The van der Waals surface area contributed by atoms with Crippen LogP contribution in [0, 0.1) is 0 Å². The molecule has 0 saturated carbocycles. The van der Waals surface area contributed by atoms with Crippen LogP contribution in [-0.4, -0.2) is 12.9 Å². The number of carbonyl (C=O) groups is 1. The van der Waals surface area contributed by atoms with Crippen LogP contribution in [0.15, 0.2) is 22.7 Å². The smallest absolute Gasteiger partial charge is 0.152 e. The van der Waals surface area contributed by atoms with Crippen molar-refractivity contribution in [3.05, 3.63) is 28.2 Å². The van der Waals surface area contributed by atoms with Gasteiger partial charge in [-0.2, -0.15) is 0 Å². The molecular weight excluding hydrogens is 267 g/mol. The summed E-state index contributed by atoms with van der Waals surface area (Å²) in [7, 11) is 1.59. The van der Waals surface area contributed by atoms with E-state index in [0.29, 0.717) is 0 Å². The summed E-state index contributed by atoms with van der Waals surface area (Å²) in [6, 6.07) is 5.35. The summed E-state index contributed by atoms with van der Waals surface area (Å²) in [5.74, 6) is 0.657. The van der Waals surface area contributed by atoms with E-state index >= 15 is 0 Å². The van der Waals surface area contributed by atoms with Crippen molar-refractivity contribution in [3.63, 3.8) is 0 Å². The third-order valence-electron chi connectivity index (χ3n) is 1.83. The Morgan fingerprint density at radius 1 is 1.57 bits per heavy atom. The maximum atomic E-state index is 11.0. The lowest BCUT2D eigenvalue weighted by Gasteiger charge is -2.08. The minimum atomic E-state index is -0.586. The predicted molar refractivity (Wildman–Crippen MR) is 60.0 cm³/mol. The highest BCUT2D eigenvalue weighted by atomic mass is 79.9. The number of halogens is 2. The molecule has 1 rings (SSSR count).